The Hall–Kier alpha value is -1.76. The standard InChI is InChI=1S/C19H20BrFN2O2/c20-16-5-1-15(2-6-16)19(24)22-13-18(23-9-11-25-12-10-23)14-3-7-17(21)8-4-14/h1-8,18H,9-13H2,(H,22,24). The fraction of sp³-hybridized carbons (Fsp3) is 0.316. The first kappa shape index (κ1) is 18.0. The van der Waals surface area contributed by atoms with Gasteiger partial charge in [0.2, 0.25) is 0 Å². The monoisotopic (exact) mass is 406 g/mol. The third kappa shape index (κ3) is 4.87. The molecule has 1 amide bonds. The largest absolute Gasteiger partial charge is 0.379 e. The first-order valence-electron chi connectivity index (χ1n) is 8.24. The Kier molecular flexibility index (Phi) is 6.18. The molecule has 1 heterocycles. The average Bonchev–Trinajstić information content (AvgIpc) is 2.64. The third-order valence-corrected chi connectivity index (χ3v) is 4.83. The van der Waals surface area contributed by atoms with Crippen LogP contribution in [0.5, 0.6) is 0 Å². The lowest BCUT2D eigenvalue weighted by Gasteiger charge is -2.35. The van der Waals surface area contributed by atoms with Crippen LogP contribution in [0.4, 0.5) is 4.39 Å². The van der Waals surface area contributed by atoms with Crippen LogP contribution in [0, 0.1) is 5.82 Å². The van der Waals surface area contributed by atoms with E-state index < -0.39 is 0 Å². The summed E-state index contributed by atoms with van der Waals surface area (Å²) in [5, 5.41) is 3.00. The van der Waals surface area contributed by atoms with Gasteiger partial charge in [0.05, 0.1) is 19.3 Å². The summed E-state index contributed by atoms with van der Waals surface area (Å²) in [5.74, 6) is -0.378. The molecule has 1 aliphatic heterocycles. The van der Waals surface area contributed by atoms with Gasteiger partial charge in [-0.3, -0.25) is 9.69 Å². The predicted molar refractivity (Wildman–Crippen MR) is 98.0 cm³/mol. The minimum absolute atomic E-state index is 0.0103. The van der Waals surface area contributed by atoms with E-state index in [1.165, 1.54) is 12.1 Å². The van der Waals surface area contributed by atoms with Gasteiger partial charge in [-0.2, -0.15) is 0 Å². The summed E-state index contributed by atoms with van der Waals surface area (Å²) in [7, 11) is 0. The molecular formula is C19H20BrFN2O2. The number of carbonyl (C=O) groups is 1. The Labute approximate surface area is 155 Å². The van der Waals surface area contributed by atoms with E-state index in [9.17, 15) is 9.18 Å². The quantitative estimate of drug-likeness (QED) is 0.827. The fourth-order valence-electron chi connectivity index (χ4n) is 2.92. The van der Waals surface area contributed by atoms with Crippen LogP contribution in [0.2, 0.25) is 0 Å². The number of hydrogen-bond donors (Lipinski definition) is 1. The van der Waals surface area contributed by atoms with Crippen LogP contribution >= 0.6 is 15.9 Å². The Morgan fingerprint density at radius 1 is 1.12 bits per heavy atom. The zero-order valence-corrected chi connectivity index (χ0v) is 15.3. The molecule has 1 saturated heterocycles. The molecule has 0 spiro atoms. The van der Waals surface area contributed by atoms with Crippen molar-refractivity contribution in [2.24, 2.45) is 0 Å². The van der Waals surface area contributed by atoms with Gasteiger partial charge in [-0.05, 0) is 42.0 Å². The van der Waals surface area contributed by atoms with Gasteiger partial charge in [0.1, 0.15) is 5.82 Å². The minimum Gasteiger partial charge on any atom is -0.379 e. The van der Waals surface area contributed by atoms with Crippen molar-refractivity contribution in [1.29, 1.82) is 0 Å². The molecule has 0 bridgehead atoms. The number of nitrogens with zero attached hydrogens (tertiary/aromatic N) is 1. The van der Waals surface area contributed by atoms with Gasteiger partial charge in [0, 0.05) is 29.7 Å². The molecule has 6 heteroatoms. The Bertz CT molecular complexity index is 700. The van der Waals surface area contributed by atoms with E-state index in [0.29, 0.717) is 25.3 Å². The van der Waals surface area contributed by atoms with Crippen molar-refractivity contribution < 1.29 is 13.9 Å². The van der Waals surface area contributed by atoms with E-state index in [4.69, 9.17) is 4.74 Å². The highest BCUT2D eigenvalue weighted by Crippen LogP contribution is 2.22. The second kappa shape index (κ2) is 8.56. The molecule has 1 aliphatic rings. The van der Waals surface area contributed by atoms with E-state index in [-0.39, 0.29) is 17.8 Å². The van der Waals surface area contributed by atoms with Crippen molar-refractivity contribution >= 4 is 21.8 Å². The first-order valence-corrected chi connectivity index (χ1v) is 9.04. The van der Waals surface area contributed by atoms with E-state index in [1.54, 1.807) is 24.3 Å². The summed E-state index contributed by atoms with van der Waals surface area (Å²) in [6.07, 6.45) is 0. The summed E-state index contributed by atoms with van der Waals surface area (Å²) in [6, 6.07) is 13.7. The molecule has 1 unspecified atom stereocenters. The highest BCUT2D eigenvalue weighted by molar-refractivity contribution is 9.10. The van der Waals surface area contributed by atoms with Crippen molar-refractivity contribution in [3.05, 3.63) is 69.9 Å². The average molecular weight is 407 g/mol. The zero-order valence-electron chi connectivity index (χ0n) is 13.8. The number of hydrogen-bond acceptors (Lipinski definition) is 3. The Morgan fingerprint density at radius 3 is 2.40 bits per heavy atom. The molecule has 2 aromatic rings. The van der Waals surface area contributed by atoms with Gasteiger partial charge in [-0.15, -0.1) is 0 Å². The van der Waals surface area contributed by atoms with E-state index in [0.717, 1.165) is 23.1 Å². The molecule has 3 rings (SSSR count). The van der Waals surface area contributed by atoms with Gasteiger partial charge >= 0.3 is 0 Å². The Morgan fingerprint density at radius 2 is 1.76 bits per heavy atom. The predicted octanol–water partition coefficient (Wildman–Crippen LogP) is 3.39. The minimum atomic E-state index is -0.261. The maximum Gasteiger partial charge on any atom is 0.251 e. The highest BCUT2D eigenvalue weighted by atomic mass is 79.9. The third-order valence-electron chi connectivity index (χ3n) is 4.30. The maximum atomic E-state index is 13.3. The number of amides is 1. The van der Waals surface area contributed by atoms with E-state index in [1.807, 2.05) is 12.1 Å². The molecule has 1 N–H and O–H groups in total. The van der Waals surface area contributed by atoms with Crippen LogP contribution in [-0.4, -0.2) is 43.7 Å². The molecule has 2 aromatic carbocycles. The number of halogens is 2. The van der Waals surface area contributed by atoms with Crippen molar-refractivity contribution in [3.8, 4) is 0 Å². The summed E-state index contributed by atoms with van der Waals surface area (Å²) >= 11 is 3.36. The number of rotatable bonds is 5. The normalized spacial score (nSPS) is 16.4. The van der Waals surface area contributed by atoms with Crippen molar-refractivity contribution in [2.75, 3.05) is 32.8 Å². The molecular weight excluding hydrogens is 387 g/mol. The number of morpholine rings is 1. The number of nitrogens with one attached hydrogen (secondary N) is 1. The molecule has 25 heavy (non-hydrogen) atoms. The van der Waals surface area contributed by atoms with Crippen molar-refractivity contribution in [2.45, 2.75) is 6.04 Å². The molecule has 1 fully saturated rings. The van der Waals surface area contributed by atoms with E-state index in [2.05, 4.69) is 26.1 Å². The van der Waals surface area contributed by atoms with Crippen LogP contribution in [0.15, 0.2) is 53.0 Å². The topological polar surface area (TPSA) is 41.6 Å². The van der Waals surface area contributed by atoms with Gasteiger partial charge in [0.25, 0.3) is 5.91 Å². The van der Waals surface area contributed by atoms with Gasteiger partial charge in [-0.25, -0.2) is 4.39 Å². The van der Waals surface area contributed by atoms with Crippen LogP contribution in [0.25, 0.3) is 0 Å². The Balaban J connectivity index is 1.71. The second-order valence-corrected chi connectivity index (χ2v) is 6.85. The fourth-order valence-corrected chi connectivity index (χ4v) is 3.19. The molecule has 0 radical (unpaired) electrons. The van der Waals surface area contributed by atoms with Gasteiger partial charge in [-0.1, -0.05) is 28.1 Å². The first-order chi connectivity index (χ1) is 12.1. The molecule has 1 atom stereocenters. The van der Waals surface area contributed by atoms with Crippen LogP contribution in [-0.2, 0) is 4.74 Å². The highest BCUT2D eigenvalue weighted by Gasteiger charge is 2.23. The van der Waals surface area contributed by atoms with Crippen molar-refractivity contribution in [3.63, 3.8) is 0 Å². The van der Waals surface area contributed by atoms with Crippen molar-refractivity contribution in [1.82, 2.24) is 10.2 Å². The smallest absolute Gasteiger partial charge is 0.251 e. The molecule has 4 nitrogen and oxygen atoms in total. The summed E-state index contributed by atoms with van der Waals surface area (Å²) < 4.78 is 19.6. The zero-order chi connectivity index (χ0) is 17.6. The van der Waals surface area contributed by atoms with E-state index >= 15 is 0 Å². The van der Waals surface area contributed by atoms with Crippen LogP contribution in [0.1, 0.15) is 22.0 Å². The van der Waals surface area contributed by atoms with Gasteiger partial charge < -0.3 is 10.1 Å². The maximum absolute atomic E-state index is 13.3. The lowest BCUT2D eigenvalue weighted by atomic mass is 10.0. The second-order valence-electron chi connectivity index (χ2n) is 5.93. The summed E-state index contributed by atoms with van der Waals surface area (Å²) in [4.78, 5) is 14.7. The summed E-state index contributed by atoms with van der Waals surface area (Å²) in [5.41, 5.74) is 1.60. The number of benzene rings is 2. The summed E-state index contributed by atoms with van der Waals surface area (Å²) in [6.45, 7) is 3.36. The molecule has 0 aliphatic carbocycles. The number of carbonyl (C=O) groups excluding carboxylic acids is 1. The molecule has 0 saturated carbocycles. The molecule has 132 valence electrons. The lowest BCUT2D eigenvalue weighted by Crippen LogP contribution is -2.43. The SMILES string of the molecule is O=C(NCC(c1ccc(F)cc1)N1CCOCC1)c1ccc(Br)cc1. The van der Waals surface area contributed by atoms with Crippen LogP contribution in [0.3, 0.4) is 0 Å². The molecule has 0 aromatic heterocycles. The lowest BCUT2D eigenvalue weighted by molar-refractivity contribution is 0.0162. The number of ether oxygens (including phenoxy) is 1. The van der Waals surface area contributed by atoms with Gasteiger partial charge in [0.15, 0.2) is 0 Å². The van der Waals surface area contributed by atoms with Crippen LogP contribution < -0.4 is 5.32 Å².